The normalized spacial score (nSPS) is 12.8. The van der Waals surface area contributed by atoms with Crippen LogP contribution in [0.15, 0.2) is 29.3 Å². The maximum absolute atomic E-state index is 5.38. The van der Waals surface area contributed by atoms with Crippen molar-refractivity contribution in [3.8, 4) is 5.75 Å². The molecule has 138 valence electrons. The van der Waals surface area contributed by atoms with Crippen LogP contribution in [0, 0.1) is 5.92 Å². The number of aliphatic imine (C=N–C) groups is 1. The summed E-state index contributed by atoms with van der Waals surface area (Å²) in [5, 5.41) is 6.77. The van der Waals surface area contributed by atoms with Crippen molar-refractivity contribution in [2.24, 2.45) is 10.9 Å². The molecule has 1 unspecified atom stereocenters. The van der Waals surface area contributed by atoms with E-state index in [1.54, 1.807) is 14.2 Å². The summed E-state index contributed by atoms with van der Waals surface area (Å²) in [5.41, 5.74) is 1.12. The van der Waals surface area contributed by atoms with E-state index in [2.05, 4.69) is 54.5 Å². The Morgan fingerprint density at radius 3 is 2.42 bits per heavy atom. The lowest BCUT2D eigenvalue weighted by molar-refractivity contribution is 0.254. The zero-order valence-corrected chi connectivity index (χ0v) is 18.1. The van der Waals surface area contributed by atoms with Crippen LogP contribution in [0.2, 0.25) is 0 Å². The molecule has 0 amide bonds. The number of para-hydroxylation sites is 1. The topological polar surface area (TPSA) is 48.9 Å². The van der Waals surface area contributed by atoms with Crippen molar-refractivity contribution in [3.05, 3.63) is 29.8 Å². The molecule has 0 aromatic heterocycles. The zero-order chi connectivity index (χ0) is 17.2. The molecular formula is C18H33IN4O. The van der Waals surface area contributed by atoms with E-state index < -0.39 is 0 Å². The Bertz CT molecular complexity index is 492. The quantitative estimate of drug-likeness (QED) is 0.365. The molecule has 0 fully saturated rings. The Labute approximate surface area is 164 Å². The van der Waals surface area contributed by atoms with Gasteiger partial charge in [0.15, 0.2) is 5.96 Å². The number of hydrogen-bond donors (Lipinski definition) is 2. The van der Waals surface area contributed by atoms with Crippen LogP contribution in [0.5, 0.6) is 5.75 Å². The summed E-state index contributed by atoms with van der Waals surface area (Å²) in [7, 11) is 7.74. The largest absolute Gasteiger partial charge is 0.496 e. The van der Waals surface area contributed by atoms with Gasteiger partial charge in [0, 0.05) is 31.7 Å². The first-order valence-electron chi connectivity index (χ1n) is 8.20. The summed E-state index contributed by atoms with van der Waals surface area (Å²) in [4.78, 5) is 6.57. The molecule has 1 aromatic rings. The molecule has 2 N–H and O–H groups in total. The fourth-order valence-corrected chi connectivity index (χ4v) is 2.48. The molecular weight excluding hydrogens is 415 g/mol. The van der Waals surface area contributed by atoms with Crippen LogP contribution >= 0.6 is 24.0 Å². The smallest absolute Gasteiger partial charge is 0.191 e. The highest BCUT2D eigenvalue weighted by atomic mass is 127. The monoisotopic (exact) mass is 448 g/mol. The summed E-state index contributed by atoms with van der Waals surface area (Å²) in [5.74, 6) is 2.38. The summed E-state index contributed by atoms with van der Waals surface area (Å²) >= 11 is 0. The maximum atomic E-state index is 5.38. The van der Waals surface area contributed by atoms with Gasteiger partial charge in [-0.3, -0.25) is 4.99 Å². The van der Waals surface area contributed by atoms with Gasteiger partial charge in [-0.2, -0.15) is 0 Å². The minimum atomic E-state index is 0. The number of nitrogens with zero attached hydrogens (tertiary/aromatic N) is 2. The van der Waals surface area contributed by atoms with E-state index in [4.69, 9.17) is 4.74 Å². The molecule has 6 heteroatoms. The second-order valence-corrected chi connectivity index (χ2v) is 6.37. The van der Waals surface area contributed by atoms with Crippen LogP contribution < -0.4 is 15.4 Å². The van der Waals surface area contributed by atoms with Crippen molar-refractivity contribution in [2.45, 2.75) is 32.9 Å². The van der Waals surface area contributed by atoms with Gasteiger partial charge in [0.25, 0.3) is 0 Å². The van der Waals surface area contributed by atoms with Gasteiger partial charge in [0.05, 0.1) is 7.11 Å². The Morgan fingerprint density at radius 1 is 1.21 bits per heavy atom. The third-order valence-electron chi connectivity index (χ3n) is 3.84. The number of methoxy groups -OCH3 is 1. The number of benzene rings is 1. The predicted octanol–water partition coefficient (Wildman–Crippen LogP) is 2.95. The lowest BCUT2D eigenvalue weighted by atomic mass is 10.0. The van der Waals surface area contributed by atoms with Crippen LogP contribution in [-0.2, 0) is 6.54 Å². The molecule has 1 rings (SSSR count). The highest BCUT2D eigenvalue weighted by Gasteiger charge is 2.14. The van der Waals surface area contributed by atoms with Crippen LogP contribution in [0.25, 0.3) is 0 Å². The predicted molar refractivity (Wildman–Crippen MR) is 114 cm³/mol. The SMILES string of the molecule is CN=C(NCc1ccccc1OC)NCC(CC(C)C)N(C)C.I. The van der Waals surface area contributed by atoms with Crippen LogP contribution in [0.4, 0.5) is 0 Å². The van der Waals surface area contributed by atoms with Crippen molar-refractivity contribution >= 4 is 29.9 Å². The molecule has 1 atom stereocenters. The molecule has 0 aliphatic carbocycles. The van der Waals surface area contributed by atoms with Crippen molar-refractivity contribution < 1.29 is 4.74 Å². The van der Waals surface area contributed by atoms with E-state index in [1.165, 1.54) is 0 Å². The van der Waals surface area contributed by atoms with E-state index in [-0.39, 0.29) is 24.0 Å². The van der Waals surface area contributed by atoms with Crippen LogP contribution in [0.3, 0.4) is 0 Å². The first kappa shape index (κ1) is 23.0. The molecule has 0 heterocycles. The van der Waals surface area contributed by atoms with E-state index in [0.29, 0.717) is 18.5 Å². The van der Waals surface area contributed by atoms with Gasteiger partial charge in [-0.15, -0.1) is 24.0 Å². The van der Waals surface area contributed by atoms with Gasteiger partial charge < -0.3 is 20.3 Å². The molecule has 5 nitrogen and oxygen atoms in total. The van der Waals surface area contributed by atoms with Crippen molar-refractivity contribution in [3.63, 3.8) is 0 Å². The van der Waals surface area contributed by atoms with Gasteiger partial charge in [-0.25, -0.2) is 0 Å². The van der Waals surface area contributed by atoms with E-state index in [1.807, 2.05) is 18.2 Å². The summed E-state index contributed by atoms with van der Waals surface area (Å²) in [6.07, 6.45) is 1.16. The van der Waals surface area contributed by atoms with Gasteiger partial charge in [0.2, 0.25) is 0 Å². The number of guanidine groups is 1. The fourth-order valence-electron chi connectivity index (χ4n) is 2.48. The van der Waals surface area contributed by atoms with Gasteiger partial charge in [-0.1, -0.05) is 32.0 Å². The molecule has 0 spiro atoms. The molecule has 0 aliphatic rings. The van der Waals surface area contributed by atoms with Crippen molar-refractivity contribution in [1.82, 2.24) is 15.5 Å². The number of nitrogens with one attached hydrogen (secondary N) is 2. The van der Waals surface area contributed by atoms with E-state index >= 15 is 0 Å². The number of hydrogen-bond acceptors (Lipinski definition) is 3. The first-order chi connectivity index (χ1) is 11.0. The van der Waals surface area contributed by atoms with Crippen molar-refractivity contribution in [1.29, 1.82) is 0 Å². The molecule has 1 aromatic carbocycles. The minimum absolute atomic E-state index is 0. The van der Waals surface area contributed by atoms with Crippen LogP contribution in [-0.4, -0.2) is 51.7 Å². The number of rotatable bonds is 8. The number of halogens is 1. The molecule has 0 bridgehead atoms. The van der Waals surface area contributed by atoms with E-state index in [0.717, 1.165) is 30.2 Å². The minimum Gasteiger partial charge on any atom is -0.496 e. The second kappa shape index (κ2) is 12.4. The second-order valence-electron chi connectivity index (χ2n) is 6.37. The van der Waals surface area contributed by atoms with E-state index in [9.17, 15) is 0 Å². The van der Waals surface area contributed by atoms with Crippen molar-refractivity contribution in [2.75, 3.05) is 34.8 Å². The Morgan fingerprint density at radius 2 is 1.88 bits per heavy atom. The lowest BCUT2D eigenvalue weighted by Gasteiger charge is -2.27. The highest BCUT2D eigenvalue weighted by Crippen LogP contribution is 2.16. The summed E-state index contributed by atoms with van der Waals surface area (Å²) in [6, 6.07) is 8.50. The average molecular weight is 448 g/mol. The first-order valence-corrected chi connectivity index (χ1v) is 8.20. The Kier molecular flexibility index (Phi) is 11.8. The molecule has 24 heavy (non-hydrogen) atoms. The molecule has 0 saturated carbocycles. The van der Waals surface area contributed by atoms with Crippen LogP contribution in [0.1, 0.15) is 25.8 Å². The number of ether oxygens (including phenoxy) is 1. The lowest BCUT2D eigenvalue weighted by Crippen LogP contribution is -2.45. The molecule has 0 radical (unpaired) electrons. The van der Waals surface area contributed by atoms with Gasteiger partial charge in [-0.05, 0) is 32.5 Å². The third kappa shape index (κ3) is 8.19. The Hall–Kier alpha value is -1.02. The van der Waals surface area contributed by atoms with Gasteiger partial charge >= 0.3 is 0 Å². The Balaban J connectivity index is 0.00000529. The summed E-state index contributed by atoms with van der Waals surface area (Å²) < 4.78 is 5.38. The molecule has 0 aliphatic heterocycles. The standard InChI is InChI=1S/C18H32N4O.HI/c1-14(2)11-16(22(4)5)13-21-18(19-3)20-12-15-9-7-8-10-17(15)23-6;/h7-10,14,16H,11-13H2,1-6H3,(H2,19,20,21);1H. The third-order valence-corrected chi connectivity index (χ3v) is 3.84. The van der Waals surface area contributed by atoms with Gasteiger partial charge in [0.1, 0.15) is 5.75 Å². The highest BCUT2D eigenvalue weighted by molar-refractivity contribution is 14.0. The molecule has 0 saturated heterocycles. The zero-order valence-electron chi connectivity index (χ0n) is 15.8. The average Bonchev–Trinajstić information content (AvgIpc) is 2.53. The summed E-state index contributed by atoms with van der Waals surface area (Å²) in [6.45, 7) is 6.06. The fraction of sp³-hybridized carbons (Fsp3) is 0.611. The maximum Gasteiger partial charge on any atom is 0.191 e. The number of likely N-dealkylation sites (N-methyl/N-ethyl adjacent to an activating group) is 1.